The first-order valence-corrected chi connectivity index (χ1v) is 14.1. The zero-order valence-corrected chi connectivity index (χ0v) is 24.3. The molecule has 4 aromatic rings. The van der Waals surface area contributed by atoms with Crippen LogP contribution in [0.5, 0.6) is 5.75 Å². The van der Waals surface area contributed by atoms with E-state index in [9.17, 15) is 9.90 Å². The van der Waals surface area contributed by atoms with Crippen molar-refractivity contribution in [3.8, 4) is 17.0 Å². The number of aromatic hydroxyl groups is 1. The predicted molar refractivity (Wildman–Crippen MR) is 159 cm³/mol. The number of phenols is 1. The van der Waals surface area contributed by atoms with Crippen molar-refractivity contribution in [1.29, 1.82) is 0 Å². The molecule has 1 saturated heterocycles. The summed E-state index contributed by atoms with van der Waals surface area (Å²) in [6.45, 7) is 7.96. The van der Waals surface area contributed by atoms with Crippen molar-refractivity contribution in [2.75, 3.05) is 18.4 Å². The summed E-state index contributed by atoms with van der Waals surface area (Å²) < 4.78 is 7.77. The fourth-order valence-corrected chi connectivity index (χ4v) is 5.66. The first-order chi connectivity index (χ1) is 19.1. The quantitative estimate of drug-likeness (QED) is 0.247. The van der Waals surface area contributed by atoms with E-state index in [1.165, 1.54) is 0 Å². The minimum Gasteiger partial charge on any atom is -0.508 e. The number of nitrogens with zero attached hydrogens (tertiary/aromatic N) is 4. The Balaban J connectivity index is 1.48. The van der Waals surface area contributed by atoms with Gasteiger partial charge >= 0.3 is 6.09 Å². The molecule has 2 aromatic carbocycles. The minimum atomic E-state index is -0.548. The lowest BCUT2D eigenvalue weighted by Gasteiger charge is -2.34. The Hall–Kier alpha value is -3.49. The number of anilines is 1. The van der Waals surface area contributed by atoms with E-state index in [4.69, 9.17) is 32.9 Å². The van der Waals surface area contributed by atoms with Crippen molar-refractivity contribution in [1.82, 2.24) is 19.4 Å². The zero-order chi connectivity index (χ0) is 28.4. The number of carbonyl (C=O) groups excluding carboxylic acids is 1. The molecule has 210 valence electrons. The molecule has 0 unspecified atom stereocenters. The molecule has 5 rings (SSSR count). The second-order valence-corrected chi connectivity index (χ2v) is 12.0. The maximum absolute atomic E-state index is 12.8. The number of amides is 1. The average molecular weight is 583 g/mol. The fraction of sp³-hybridized carbons (Fsp3) is 0.367. The molecule has 0 bridgehead atoms. The van der Waals surface area contributed by atoms with Crippen molar-refractivity contribution < 1.29 is 14.6 Å². The number of ether oxygens (including phenoxy) is 1. The normalized spacial score (nSPS) is 15.8. The second kappa shape index (κ2) is 11.6. The van der Waals surface area contributed by atoms with E-state index in [1.807, 2.05) is 51.1 Å². The molecule has 1 aliphatic rings. The van der Waals surface area contributed by atoms with Crippen LogP contribution in [0.25, 0.3) is 22.3 Å². The summed E-state index contributed by atoms with van der Waals surface area (Å²) in [6, 6.07) is 14.5. The highest BCUT2D eigenvalue weighted by Crippen LogP contribution is 2.38. The van der Waals surface area contributed by atoms with E-state index in [2.05, 4.69) is 14.9 Å². The highest BCUT2D eigenvalue weighted by molar-refractivity contribution is 6.39. The Morgan fingerprint density at radius 3 is 2.62 bits per heavy atom. The van der Waals surface area contributed by atoms with Gasteiger partial charge in [0.25, 0.3) is 0 Å². The van der Waals surface area contributed by atoms with E-state index in [1.54, 1.807) is 29.3 Å². The smallest absolute Gasteiger partial charge is 0.410 e. The molecule has 8 nitrogen and oxygen atoms in total. The third-order valence-electron chi connectivity index (χ3n) is 6.83. The van der Waals surface area contributed by atoms with Crippen LogP contribution in [0, 0.1) is 5.92 Å². The van der Waals surface area contributed by atoms with Gasteiger partial charge in [0, 0.05) is 43.3 Å². The summed E-state index contributed by atoms with van der Waals surface area (Å²) in [6.07, 6.45) is 3.34. The zero-order valence-electron chi connectivity index (χ0n) is 22.8. The number of likely N-dealkylation sites (tertiary alicyclic amines) is 1. The maximum atomic E-state index is 12.8. The molecule has 1 fully saturated rings. The van der Waals surface area contributed by atoms with E-state index in [-0.39, 0.29) is 17.8 Å². The molecule has 10 heteroatoms. The number of nitrogens with one attached hydrogen (secondary N) is 1. The summed E-state index contributed by atoms with van der Waals surface area (Å²) >= 11 is 13.3. The lowest BCUT2D eigenvalue weighted by molar-refractivity contribution is 0.0158. The molecular formula is C30H33Cl2N5O3. The van der Waals surface area contributed by atoms with E-state index < -0.39 is 5.60 Å². The SMILES string of the molecule is CC(C)(C)OC(=O)N1CCC[C@@H](Cn2c(-c3c(Cl)cccc3Cl)cc3cnc(NCc4cccc(O)c4)nc32)C1. The van der Waals surface area contributed by atoms with Gasteiger partial charge in [-0.05, 0) is 75.4 Å². The number of hydrogen-bond acceptors (Lipinski definition) is 6. The van der Waals surface area contributed by atoms with Gasteiger partial charge in [-0.3, -0.25) is 0 Å². The number of rotatable bonds is 6. The number of halogens is 2. The number of aromatic nitrogens is 3. The number of phenolic OH excluding ortho intramolecular Hbond substituents is 1. The van der Waals surface area contributed by atoms with Gasteiger partial charge in [0.2, 0.25) is 5.95 Å². The van der Waals surface area contributed by atoms with Gasteiger partial charge in [-0.15, -0.1) is 0 Å². The Labute approximate surface area is 243 Å². The number of hydrogen-bond donors (Lipinski definition) is 2. The van der Waals surface area contributed by atoms with Gasteiger partial charge in [-0.1, -0.05) is 41.4 Å². The van der Waals surface area contributed by atoms with Crippen molar-refractivity contribution in [2.45, 2.75) is 52.3 Å². The second-order valence-electron chi connectivity index (χ2n) is 11.2. The van der Waals surface area contributed by atoms with Crippen molar-refractivity contribution in [3.63, 3.8) is 0 Å². The van der Waals surface area contributed by atoms with Crippen LogP contribution in [0.1, 0.15) is 39.2 Å². The van der Waals surface area contributed by atoms with Crippen LogP contribution < -0.4 is 5.32 Å². The van der Waals surface area contributed by atoms with E-state index >= 15 is 0 Å². The molecule has 0 saturated carbocycles. The van der Waals surface area contributed by atoms with Crippen LogP contribution in [-0.2, 0) is 17.8 Å². The van der Waals surface area contributed by atoms with Crippen LogP contribution in [0.3, 0.4) is 0 Å². The monoisotopic (exact) mass is 581 g/mol. The van der Waals surface area contributed by atoms with Crippen LogP contribution in [0.15, 0.2) is 54.7 Å². The van der Waals surface area contributed by atoms with E-state index in [0.717, 1.165) is 40.7 Å². The molecule has 1 aliphatic heterocycles. The molecule has 2 aromatic heterocycles. The van der Waals surface area contributed by atoms with Gasteiger partial charge in [0.05, 0.1) is 15.7 Å². The molecular weight excluding hydrogens is 549 g/mol. The third-order valence-corrected chi connectivity index (χ3v) is 7.46. The molecule has 40 heavy (non-hydrogen) atoms. The fourth-order valence-electron chi connectivity index (χ4n) is 5.07. The molecule has 1 atom stereocenters. The number of fused-ring (bicyclic) bond motifs is 1. The minimum absolute atomic E-state index is 0.176. The van der Waals surface area contributed by atoms with Crippen molar-refractivity contribution in [2.24, 2.45) is 5.92 Å². The van der Waals surface area contributed by atoms with Crippen LogP contribution in [-0.4, -0.2) is 49.3 Å². The van der Waals surface area contributed by atoms with Crippen LogP contribution in [0.2, 0.25) is 10.0 Å². The summed E-state index contributed by atoms with van der Waals surface area (Å²) in [7, 11) is 0. The summed E-state index contributed by atoms with van der Waals surface area (Å²) in [5.41, 5.74) is 2.69. The van der Waals surface area contributed by atoms with Gasteiger partial charge in [0.15, 0.2) is 0 Å². The van der Waals surface area contributed by atoms with Crippen molar-refractivity contribution >= 4 is 46.3 Å². The maximum Gasteiger partial charge on any atom is 0.410 e. The van der Waals surface area contributed by atoms with Crippen LogP contribution in [0.4, 0.5) is 10.7 Å². The number of benzene rings is 2. The molecule has 0 aliphatic carbocycles. The summed E-state index contributed by atoms with van der Waals surface area (Å²) in [5, 5.41) is 15.0. The summed E-state index contributed by atoms with van der Waals surface area (Å²) in [4.78, 5) is 24.0. The summed E-state index contributed by atoms with van der Waals surface area (Å²) in [5.74, 6) is 0.847. The number of carbonyl (C=O) groups is 1. The molecule has 1 amide bonds. The Bertz CT molecular complexity index is 1510. The molecule has 0 radical (unpaired) electrons. The highest BCUT2D eigenvalue weighted by atomic mass is 35.5. The topological polar surface area (TPSA) is 92.5 Å². The van der Waals surface area contributed by atoms with Crippen molar-refractivity contribution in [3.05, 3.63) is 70.3 Å². The number of piperidine rings is 1. The largest absolute Gasteiger partial charge is 0.508 e. The molecule has 0 spiro atoms. The highest BCUT2D eigenvalue weighted by Gasteiger charge is 2.29. The predicted octanol–water partition coefficient (Wildman–Crippen LogP) is 7.37. The van der Waals surface area contributed by atoms with Gasteiger partial charge in [0.1, 0.15) is 17.0 Å². The van der Waals surface area contributed by atoms with Gasteiger partial charge < -0.3 is 24.6 Å². The standard InChI is InChI=1S/C30H33Cl2N5O3/c1-30(2,3)40-29(39)36-12-6-8-20(17-36)18-37-25(26-23(31)10-5-11-24(26)32)14-21-16-34-28(35-27(21)37)33-15-19-7-4-9-22(38)13-19/h4-5,7,9-11,13-14,16,20,38H,6,8,12,15,17-18H2,1-3H3,(H,33,34,35)/t20-/m1/s1. The lowest BCUT2D eigenvalue weighted by atomic mass is 9.98. The van der Waals surface area contributed by atoms with Crippen LogP contribution >= 0.6 is 23.2 Å². The van der Waals surface area contributed by atoms with E-state index in [0.29, 0.717) is 42.2 Å². The van der Waals surface area contributed by atoms with Gasteiger partial charge in [-0.2, -0.15) is 4.98 Å². The van der Waals surface area contributed by atoms with Gasteiger partial charge in [-0.25, -0.2) is 9.78 Å². The average Bonchev–Trinajstić information content (AvgIpc) is 3.23. The first-order valence-electron chi connectivity index (χ1n) is 13.4. The Morgan fingerprint density at radius 2 is 1.90 bits per heavy atom. The Kier molecular flexibility index (Phi) is 8.10. The first kappa shape index (κ1) is 28.1. The molecule has 3 heterocycles. The third kappa shape index (κ3) is 6.45. The Morgan fingerprint density at radius 1 is 1.15 bits per heavy atom. The lowest BCUT2D eigenvalue weighted by Crippen LogP contribution is -2.43. The molecule has 2 N–H and O–H groups in total.